The maximum Gasteiger partial charge on any atom is 0.170 e. The molecule has 1 aliphatic carbocycles. The van der Waals surface area contributed by atoms with Crippen LogP contribution in [0.5, 0.6) is 0 Å². The third-order valence-corrected chi connectivity index (χ3v) is 5.41. The molecule has 0 spiro atoms. The number of thioether (sulfide) groups is 1. The molecule has 1 saturated carbocycles. The lowest BCUT2D eigenvalue weighted by Gasteiger charge is -2.30. The van der Waals surface area contributed by atoms with Gasteiger partial charge in [0.2, 0.25) is 0 Å². The Labute approximate surface area is 112 Å². The van der Waals surface area contributed by atoms with Gasteiger partial charge in [0.15, 0.2) is 4.34 Å². The standard InChI is InChI=1S/C12H21N3S2/c1-3-11-14-12(17-15-11)16-10-8-6-5-7-9(10)13-4-2/h9-10,13H,3-8H2,1-2H3. The summed E-state index contributed by atoms with van der Waals surface area (Å²) in [5.41, 5.74) is 0. The first-order valence-corrected chi connectivity index (χ1v) is 8.21. The number of nitrogens with one attached hydrogen (secondary N) is 1. The molecule has 1 heterocycles. The van der Waals surface area contributed by atoms with Gasteiger partial charge in [-0.05, 0) is 30.9 Å². The van der Waals surface area contributed by atoms with Crippen LogP contribution in [-0.2, 0) is 6.42 Å². The summed E-state index contributed by atoms with van der Waals surface area (Å²) >= 11 is 3.49. The first kappa shape index (κ1) is 13.3. The van der Waals surface area contributed by atoms with E-state index in [-0.39, 0.29) is 0 Å². The van der Waals surface area contributed by atoms with Gasteiger partial charge < -0.3 is 5.32 Å². The highest BCUT2D eigenvalue weighted by Gasteiger charge is 2.26. The minimum Gasteiger partial charge on any atom is -0.313 e. The van der Waals surface area contributed by atoms with E-state index in [9.17, 15) is 0 Å². The molecule has 3 nitrogen and oxygen atoms in total. The minimum atomic E-state index is 0.660. The Morgan fingerprint density at radius 3 is 2.88 bits per heavy atom. The van der Waals surface area contributed by atoms with Gasteiger partial charge in [-0.2, -0.15) is 4.37 Å². The zero-order valence-corrected chi connectivity index (χ0v) is 12.2. The number of aromatic nitrogens is 2. The van der Waals surface area contributed by atoms with E-state index in [4.69, 9.17) is 0 Å². The largest absolute Gasteiger partial charge is 0.313 e. The zero-order valence-electron chi connectivity index (χ0n) is 10.6. The van der Waals surface area contributed by atoms with Crippen molar-refractivity contribution in [3.63, 3.8) is 0 Å². The van der Waals surface area contributed by atoms with Crippen molar-refractivity contribution < 1.29 is 0 Å². The topological polar surface area (TPSA) is 37.8 Å². The fourth-order valence-corrected chi connectivity index (χ4v) is 4.54. The Kier molecular flexibility index (Phi) is 5.25. The molecule has 1 fully saturated rings. The Morgan fingerprint density at radius 1 is 1.35 bits per heavy atom. The predicted molar refractivity (Wildman–Crippen MR) is 74.9 cm³/mol. The van der Waals surface area contributed by atoms with Crippen LogP contribution in [0.4, 0.5) is 0 Å². The van der Waals surface area contributed by atoms with Crippen LogP contribution in [0.25, 0.3) is 0 Å². The lowest BCUT2D eigenvalue weighted by molar-refractivity contribution is 0.391. The van der Waals surface area contributed by atoms with Crippen molar-refractivity contribution in [2.75, 3.05) is 6.54 Å². The summed E-state index contributed by atoms with van der Waals surface area (Å²) in [5.74, 6) is 0.994. The Balaban J connectivity index is 1.95. The summed E-state index contributed by atoms with van der Waals surface area (Å²) in [6, 6.07) is 0.660. The summed E-state index contributed by atoms with van der Waals surface area (Å²) < 4.78 is 5.51. The fourth-order valence-electron chi connectivity index (χ4n) is 2.29. The summed E-state index contributed by atoms with van der Waals surface area (Å²) in [7, 11) is 0. The van der Waals surface area contributed by atoms with Crippen molar-refractivity contribution in [1.29, 1.82) is 0 Å². The van der Waals surface area contributed by atoms with Crippen molar-refractivity contribution in [2.24, 2.45) is 0 Å². The van der Waals surface area contributed by atoms with Crippen molar-refractivity contribution in [3.8, 4) is 0 Å². The number of hydrogen-bond acceptors (Lipinski definition) is 5. The average Bonchev–Trinajstić information content (AvgIpc) is 2.80. The monoisotopic (exact) mass is 271 g/mol. The van der Waals surface area contributed by atoms with Gasteiger partial charge in [0, 0.05) is 17.7 Å². The number of rotatable bonds is 5. The van der Waals surface area contributed by atoms with Crippen molar-refractivity contribution in [2.45, 2.75) is 61.6 Å². The maximum atomic E-state index is 4.56. The molecule has 0 saturated heterocycles. The van der Waals surface area contributed by atoms with E-state index in [1.54, 1.807) is 11.5 Å². The van der Waals surface area contributed by atoms with Gasteiger partial charge in [-0.1, -0.05) is 38.5 Å². The van der Waals surface area contributed by atoms with E-state index >= 15 is 0 Å². The van der Waals surface area contributed by atoms with E-state index in [1.807, 2.05) is 11.8 Å². The second-order valence-electron chi connectivity index (χ2n) is 4.43. The molecule has 2 atom stereocenters. The fraction of sp³-hybridized carbons (Fsp3) is 0.833. The van der Waals surface area contributed by atoms with Crippen molar-refractivity contribution in [1.82, 2.24) is 14.7 Å². The van der Waals surface area contributed by atoms with E-state index < -0.39 is 0 Å². The SMILES string of the molecule is CCNC1CCCCC1Sc1nc(CC)ns1. The van der Waals surface area contributed by atoms with E-state index in [2.05, 4.69) is 28.5 Å². The Bertz CT molecular complexity index is 338. The first-order valence-electron chi connectivity index (χ1n) is 6.56. The molecule has 17 heavy (non-hydrogen) atoms. The molecule has 5 heteroatoms. The number of nitrogens with zero attached hydrogens (tertiary/aromatic N) is 2. The molecule has 0 amide bonds. The van der Waals surface area contributed by atoms with Crippen LogP contribution in [0.1, 0.15) is 45.4 Å². The molecule has 1 N–H and O–H groups in total. The van der Waals surface area contributed by atoms with Gasteiger partial charge in [0.05, 0.1) is 0 Å². The molecule has 1 aromatic rings. The van der Waals surface area contributed by atoms with Crippen LogP contribution < -0.4 is 5.32 Å². The van der Waals surface area contributed by atoms with E-state index in [0.29, 0.717) is 11.3 Å². The van der Waals surface area contributed by atoms with E-state index in [0.717, 1.165) is 23.1 Å². The van der Waals surface area contributed by atoms with Crippen LogP contribution in [0.15, 0.2) is 4.34 Å². The molecule has 1 aromatic heterocycles. The van der Waals surface area contributed by atoms with Gasteiger partial charge in [0.1, 0.15) is 5.82 Å². The first-order chi connectivity index (χ1) is 8.33. The Hall–Kier alpha value is -0.130. The molecule has 0 radical (unpaired) electrons. The lowest BCUT2D eigenvalue weighted by atomic mass is 9.95. The molecule has 2 unspecified atom stereocenters. The highest BCUT2D eigenvalue weighted by Crippen LogP contribution is 2.34. The van der Waals surface area contributed by atoms with Gasteiger partial charge >= 0.3 is 0 Å². The zero-order chi connectivity index (χ0) is 12.1. The quantitative estimate of drug-likeness (QED) is 0.893. The molecule has 0 aromatic carbocycles. The minimum absolute atomic E-state index is 0.660. The highest BCUT2D eigenvalue weighted by molar-refractivity contribution is 8.01. The maximum absolute atomic E-state index is 4.56. The summed E-state index contributed by atoms with van der Waals surface area (Å²) in [6.07, 6.45) is 6.29. The summed E-state index contributed by atoms with van der Waals surface area (Å²) in [5, 5.41) is 4.29. The normalized spacial score (nSPS) is 25.1. The molecular formula is C12H21N3S2. The third kappa shape index (κ3) is 3.66. The summed E-state index contributed by atoms with van der Waals surface area (Å²) in [6.45, 7) is 5.37. The summed E-state index contributed by atoms with van der Waals surface area (Å²) in [4.78, 5) is 4.56. The number of aryl methyl sites for hydroxylation is 1. The second kappa shape index (κ2) is 6.71. The molecule has 96 valence electrons. The van der Waals surface area contributed by atoms with Gasteiger partial charge in [-0.3, -0.25) is 0 Å². The molecule has 2 rings (SSSR count). The Morgan fingerprint density at radius 2 is 2.18 bits per heavy atom. The molecule has 0 bridgehead atoms. The predicted octanol–water partition coefficient (Wildman–Crippen LogP) is 3.11. The molecule has 0 aliphatic heterocycles. The average molecular weight is 271 g/mol. The van der Waals surface area contributed by atoms with Crippen molar-refractivity contribution in [3.05, 3.63) is 5.82 Å². The van der Waals surface area contributed by atoms with Gasteiger partial charge in [0.25, 0.3) is 0 Å². The van der Waals surface area contributed by atoms with Crippen LogP contribution in [0.3, 0.4) is 0 Å². The smallest absolute Gasteiger partial charge is 0.170 e. The van der Waals surface area contributed by atoms with Crippen LogP contribution in [0, 0.1) is 0 Å². The lowest BCUT2D eigenvalue weighted by Crippen LogP contribution is -2.40. The van der Waals surface area contributed by atoms with Crippen LogP contribution >= 0.6 is 23.3 Å². The third-order valence-electron chi connectivity index (χ3n) is 3.19. The van der Waals surface area contributed by atoms with Crippen molar-refractivity contribution >= 4 is 23.3 Å². The molecule has 1 aliphatic rings. The van der Waals surface area contributed by atoms with Gasteiger partial charge in [-0.15, -0.1) is 0 Å². The van der Waals surface area contributed by atoms with Gasteiger partial charge in [-0.25, -0.2) is 4.98 Å². The second-order valence-corrected chi connectivity index (χ2v) is 6.67. The highest BCUT2D eigenvalue weighted by atomic mass is 32.2. The van der Waals surface area contributed by atoms with Crippen LogP contribution in [0.2, 0.25) is 0 Å². The number of hydrogen-bond donors (Lipinski definition) is 1. The molecular weight excluding hydrogens is 250 g/mol. The van der Waals surface area contributed by atoms with E-state index in [1.165, 1.54) is 25.7 Å². The van der Waals surface area contributed by atoms with Crippen LogP contribution in [-0.4, -0.2) is 27.2 Å².